The highest BCUT2D eigenvalue weighted by atomic mass is 32.1. The molecule has 0 radical (unpaired) electrons. The third kappa shape index (κ3) is 3.52. The Morgan fingerprint density at radius 1 is 1.07 bits per heavy atom. The lowest BCUT2D eigenvalue weighted by Crippen LogP contribution is -2.14. The number of hydrogen-bond donors (Lipinski definition) is 1. The summed E-state index contributed by atoms with van der Waals surface area (Å²) in [4.78, 5) is 13.5. The lowest BCUT2D eigenvalue weighted by molar-refractivity contribution is 0.102. The standard InChI is InChI=1S/C20H19N5O3S/c1-4-16-22-23-20-25(16)24-19(29-20)12-8-10-13(11-9-12)21-18(26)17-14(27-2)6-5-7-15(17)28-3/h5-11H,4H2,1-3H3,(H,21,26). The van der Waals surface area contributed by atoms with Crippen molar-refractivity contribution in [3.63, 3.8) is 0 Å². The Bertz CT molecular complexity index is 1140. The fourth-order valence-electron chi connectivity index (χ4n) is 2.96. The van der Waals surface area contributed by atoms with E-state index >= 15 is 0 Å². The first kappa shape index (κ1) is 18.9. The van der Waals surface area contributed by atoms with E-state index in [1.54, 1.807) is 22.7 Å². The molecule has 1 amide bonds. The molecule has 4 rings (SSSR count). The lowest BCUT2D eigenvalue weighted by Gasteiger charge is -2.13. The van der Waals surface area contributed by atoms with Gasteiger partial charge in [0.2, 0.25) is 4.96 Å². The van der Waals surface area contributed by atoms with Gasteiger partial charge in [-0.25, -0.2) is 0 Å². The van der Waals surface area contributed by atoms with Crippen molar-refractivity contribution in [1.82, 2.24) is 19.8 Å². The maximum Gasteiger partial charge on any atom is 0.263 e. The van der Waals surface area contributed by atoms with Gasteiger partial charge in [0.05, 0.1) is 14.2 Å². The van der Waals surface area contributed by atoms with E-state index in [0.717, 1.165) is 27.8 Å². The number of carbonyl (C=O) groups excluding carboxylic acids is 1. The second kappa shape index (κ2) is 7.88. The predicted octanol–water partition coefficient (Wildman–Crippen LogP) is 3.68. The number of carbonyl (C=O) groups is 1. The predicted molar refractivity (Wildman–Crippen MR) is 111 cm³/mol. The van der Waals surface area contributed by atoms with Crippen LogP contribution in [0.3, 0.4) is 0 Å². The molecule has 0 saturated carbocycles. The lowest BCUT2D eigenvalue weighted by atomic mass is 10.1. The van der Waals surface area contributed by atoms with E-state index in [4.69, 9.17) is 9.47 Å². The largest absolute Gasteiger partial charge is 0.496 e. The molecule has 1 N–H and O–H groups in total. The molecule has 2 aromatic heterocycles. The summed E-state index contributed by atoms with van der Waals surface area (Å²) in [6, 6.07) is 12.7. The minimum Gasteiger partial charge on any atom is -0.496 e. The highest BCUT2D eigenvalue weighted by Crippen LogP contribution is 2.30. The normalized spacial score (nSPS) is 10.9. The Morgan fingerprint density at radius 2 is 1.76 bits per heavy atom. The van der Waals surface area contributed by atoms with Gasteiger partial charge in [-0.1, -0.05) is 24.3 Å². The zero-order valence-corrected chi connectivity index (χ0v) is 17.0. The first-order chi connectivity index (χ1) is 14.1. The summed E-state index contributed by atoms with van der Waals surface area (Å²) in [6.07, 6.45) is 0.766. The Morgan fingerprint density at radius 3 is 2.38 bits per heavy atom. The van der Waals surface area contributed by atoms with Gasteiger partial charge >= 0.3 is 0 Å². The number of nitrogens with zero attached hydrogens (tertiary/aromatic N) is 4. The average molecular weight is 409 g/mol. The summed E-state index contributed by atoms with van der Waals surface area (Å²) in [5.74, 6) is 1.42. The summed E-state index contributed by atoms with van der Waals surface area (Å²) in [5, 5.41) is 16.6. The van der Waals surface area contributed by atoms with E-state index in [9.17, 15) is 4.79 Å². The van der Waals surface area contributed by atoms with Crippen molar-refractivity contribution >= 4 is 27.9 Å². The molecule has 0 aliphatic carbocycles. The van der Waals surface area contributed by atoms with Crippen molar-refractivity contribution in [3.05, 3.63) is 53.9 Å². The molecule has 0 unspecified atom stereocenters. The highest BCUT2D eigenvalue weighted by molar-refractivity contribution is 7.19. The second-order valence-corrected chi connectivity index (χ2v) is 7.10. The van der Waals surface area contributed by atoms with E-state index in [1.165, 1.54) is 25.6 Å². The molecule has 8 nitrogen and oxygen atoms in total. The topological polar surface area (TPSA) is 90.6 Å². The van der Waals surface area contributed by atoms with E-state index in [1.807, 2.05) is 31.2 Å². The molecule has 0 aliphatic rings. The molecule has 9 heteroatoms. The first-order valence-electron chi connectivity index (χ1n) is 8.98. The number of anilines is 1. The molecule has 0 aliphatic heterocycles. The number of rotatable bonds is 6. The summed E-state index contributed by atoms with van der Waals surface area (Å²) in [5.41, 5.74) is 1.95. The summed E-state index contributed by atoms with van der Waals surface area (Å²) >= 11 is 1.47. The maximum atomic E-state index is 12.8. The van der Waals surface area contributed by atoms with Crippen molar-refractivity contribution in [1.29, 1.82) is 0 Å². The van der Waals surface area contributed by atoms with Gasteiger partial charge in [0.1, 0.15) is 22.1 Å². The van der Waals surface area contributed by atoms with Crippen molar-refractivity contribution in [2.24, 2.45) is 0 Å². The molecular formula is C20H19N5O3S. The van der Waals surface area contributed by atoms with Crippen LogP contribution >= 0.6 is 11.3 Å². The summed E-state index contributed by atoms with van der Waals surface area (Å²) < 4.78 is 12.4. The second-order valence-electron chi connectivity index (χ2n) is 6.14. The van der Waals surface area contributed by atoms with Gasteiger partial charge in [0.25, 0.3) is 5.91 Å². The third-order valence-corrected chi connectivity index (χ3v) is 5.36. The number of amides is 1. The molecular weight excluding hydrogens is 390 g/mol. The number of nitrogens with one attached hydrogen (secondary N) is 1. The number of ether oxygens (including phenoxy) is 2. The fourth-order valence-corrected chi connectivity index (χ4v) is 3.82. The third-order valence-electron chi connectivity index (χ3n) is 4.42. The molecule has 2 heterocycles. The van der Waals surface area contributed by atoms with Crippen LogP contribution in [0.1, 0.15) is 23.1 Å². The van der Waals surface area contributed by atoms with Crippen LogP contribution in [0.25, 0.3) is 15.5 Å². The van der Waals surface area contributed by atoms with Gasteiger partial charge in [-0.05, 0) is 36.4 Å². The molecule has 148 valence electrons. The molecule has 0 fully saturated rings. The number of hydrogen-bond acceptors (Lipinski definition) is 7. The average Bonchev–Trinajstić information content (AvgIpc) is 3.34. The van der Waals surface area contributed by atoms with Gasteiger partial charge in [-0.3, -0.25) is 4.79 Å². The molecule has 0 saturated heterocycles. The quantitative estimate of drug-likeness (QED) is 0.522. The maximum absolute atomic E-state index is 12.8. The zero-order valence-electron chi connectivity index (χ0n) is 16.2. The number of aromatic nitrogens is 4. The Kier molecular flexibility index (Phi) is 5.13. The number of fused-ring (bicyclic) bond motifs is 1. The van der Waals surface area contributed by atoms with Gasteiger partial charge in [0.15, 0.2) is 5.82 Å². The van der Waals surface area contributed by atoms with Crippen LogP contribution in [0.15, 0.2) is 42.5 Å². The Hall–Kier alpha value is -3.46. The van der Waals surface area contributed by atoms with Gasteiger partial charge in [0, 0.05) is 17.7 Å². The molecule has 29 heavy (non-hydrogen) atoms. The molecule has 0 atom stereocenters. The van der Waals surface area contributed by atoms with E-state index in [0.29, 0.717) is 22.7 Å². The number of methoxy groups -OCH3 is 2. The van der Waals surface area contributed by atoms with Gasteiger partial charge in [-0.2, -0.15) is 9.61 Å². The van der Waals surface area contributed by atoms with E-state index in [2.05, 4.69) is 20.6 Å². The number of benzene rings is 2. The monoisotopic (exact) mass is 409 g/mol. The smallest absolute Gasteiger partial charge is 0.263 e. The van der Waals surface area contributed by atoms with Crippen molar-refractivity contribution in [3.8, 4) is 22.1 Å². The van der Waals surface area contributed by atoms with Gasteiger partial charge in [-0.15, -0.1) is 10.2 Å². The van der Waals surface area contributed by atoms with Crippen LogP contribution < -0.4 is 14.8 Å². The van der Waals surface area contributed by atoms with Crippen LogP contribution in [-0.2, 0) is 6.42 Å². The van der Waals surface area contributed by atoms with Crippen LogP contribution in [0.4, 0.5) is 5.69 Å². The molecule has 2 aromatic carbocycles. The SMILES string of the molecule is CCc1nnc2sc(-c3ccc(NC(=O)c4c(OC)cccc4OC)cc3)nn12. The molecule has 0 spiro atoms. The van der Waals surface area contributed by atoms with Gasteiger partial charge < -0.3 is 14.8 Å². The van der Waals surface area contributed by atoms with Crippen molar-refractivity contribution in [2.75, 3.05) is 19.5 Å². The van der Waals surface area contributed by atoms with Crippen LogP contribution in [0.5, 0.6) is 11.5 Å². The van der Waals surface area contributed by atoms with Crippen LogP contribution in [0, 0.1) is 0 Å². The van der Waals surface area contributed by atoms with Crippen molar-refractivity contribution in [2.45, 2.75) is 13.3 Å². The van der Waals surface area contributed by atoms with E-state index < -0.39 is 0 Å². The fraction of sp³-hybridized carbons (Fsp3) is 0.200. The Balaban J connectivity index is 1.57. The minimum absolute atomic E-state index is 0.307. The van der Waals surface area contributed by atoms with Crippen LogP contribution in [0.2, 0.25) is 0 Å². The summed E-state index contributed by atoms with van der Waals surface area (Å²) in [6.45, 7) is 2.02. The summed E-state index contributed by atoms with van der Waals surface area (Å²) in [7, 11) is 3.04. The van der Waals surface area contributed by atoms with E-state index in [-0.39, 0.29) is 5.91 Å². The first-order valence-corrected chi connectivity index (χ1v) is 9.80. The molecule has 0 bridgehead atoms. The zero-order chi connectivity index (χ0) is 20.4. The number of aryl methyl sites for hydroxylation is 1. The highest BCUT2D eigenvalue weighted by Gasteiger charge is 2.18. The van der Waals surface area contributed by atoms with Crippen molar-refractivity contribution < 1.29 is 14.3 Å². The van der Waals surface area contributed by atoms with Crippen LogP contribution in [-0.4, -0.2) is 39.9 Å². The molecule has 4 aromatic rings. The minimum atomic E-state index is -0.307. The Labute approximate surface area is 171 Å².